The lowest BCUT2D eigenvalue weighted by molar-refractivity contribution is 0.0695. The highest BCUT2D eigenvalue weighted by atomic mass is 79.9. The molecule has 0 aromatic heterocycles. The van der Waals surface area contributed by atoms with Gasteiger partial charge in [-0.05, 0) is 37.3 Å². The summed E-state index contributed by atoms with van der Waals surface area (Å²) in [7, 11) is -3.71. The van der Waals surface area contributed by atoms with Gasteiger partial charge in [-0.2, -0.15) is 11.8 Å². The number of hydrogen-bond donors (Lipinski definition) is 2. The SMILES string of the molecule is CSC(C)CCNS(=O)(=O)c1cc(Br)c(C)c(C(=O)O)c1. The van der Waals surface area contributed by atoms with Gasteiger partial charge in [0.15, 0.2) is 0 Å². The fourth-order valence-electron chi connectivity index (χ4n) is 1.63. The number of sulfonamides is 1. The molecule has 1 unspecified atom stereocenters. The molecule has 0 radical (unpaired) electrons. The first-order valence-electron chi connectivity index (χ1n) is 6.25. The van der Waals surface area contributed by atoms with Crippen molar-refractivity contribution in [2.75, 3.05) is 12.8 Å². The quantitative estimate of drug-likeness (QED) is 0.741. The molecule has 0 amide bonds. The van der Waals surface area contributed by atoms with Crippen LogP contribution in [-0.2, 0) is 10.0 Å². The maximum absolute atomic E-state index is 12.2. The summed E-state index contributed by atoms with van der Waals surface area (Å²) in [5.74, 6) is -1.15. The van der Waals surface area contributed by atoms with Gasteiger partial charge < -0.3 is 5.11 Å². The van der Waals surface area contributed by atoms with Gasteiger partial charge in [0.25, 0.3) is 0 Å². The standard InChI is InChI=1S/C13H18BrNO4S2/c1-8(20-3)4-5-15-21(18,19)10-6-11(13(16)17)9(2)12(14)7-10/h6-8,15H,4-5H2,1-3H3,(H,16,17). The second kappa shape index (κ2) is 7.62. The Bertz CT molecular complexity index is 631. The van der Waals surface area contributed by atoms with Crippen molar-refractivity contribution in [1.82, 2.24) is 4.72 Å². The lowest BCUT2D eigenvalue weighted by atomic mass is 10.1. The molecule has 0 aliphatic rings. The largest absolute Gasteiger partial charge is 0.478 e. The predicted molar refractivity (Wildman–Crippen MR) is 88.6 cm³/mol. The van der Waals surface area contributed by atoms with Crippen molar-refractivity contribution in [3.8, 4) is 0 Å². The second-order valence-electron chi connectivity index (χ2n) is 4.62. The highest BCUT2D eigenvalue weighted by Gasteiger charge is 2.19. The smallest absolute Gasteiger partial charge is 0.336 e. The lowest BCUT2D eigenvalue weighted by Crippen LogP contribution is -2.26. The van der Waals surface area contributed by atoms with E-state index in [2.05, 4.69) is 20.7 Å². The van der Waals surface area contributed by atoms with Crippen molar-refractivity contribution in [3.05, 3.63) is 27.7 Å². The van der Waals surface area contributed by atoms with Crippen LogP contribution in [0.1, 0.15) is 29.3 Å². The molecular formula is C13H18BrNO4S2. The number of carboxylic acid groups (broad SMARTS) is 1. The van der Waals surface area contributed by atoms with Gasteiger partial charge >= 0.3 is 5.97 Å². The maximum Gasteiger partial charge on any atom is 0.336 e. The minimum atomic E-state index is -3.71. The number of rotatable bonds is 7. The highest BCUT2D eigenvalue weighted by Crippen LogP contribution is 2.25. The molecule has 1 aromatic rings. The molecule has 1 rings (SSSR count). The fraction of sp³-hybridized carbons (Fsp3) is 0.462. The Hall–Kier alpha value is -0.570. The lowest BCUT2D eigenvalue weighted by Gasteiger charge is -2.12. The molecular weight excluding hydrogens is 378 g/mol. The van der Waals surface area contributed by atoms with Gasteiger partial charge in [-0.1, -0.05) is 22.9 Å². The van der Waals surface area contributed by atoms with Crippen LogP contribution < -0.4 is 4.72 Å². The zero-order valence-electron chi connectivity index (χ0n) is 12.0. The fourth-order valence-corrected chi connectivity index (χ4v) is 3.69. The number of halogens is 1. The number of benzene rings is 1. The first-order valence-corrected chi connectivity index (χ1v) is 9.81. The maximum atomic E-state index is 12.2. The van der Waals surface area contributed by atoms with E-state index in [0.29, 0.717) is 28.3 Å². The molecule has 1 atom stereocenters. The third-order valence-electron chi connectivity index (χ3n) is 3.10. The average Bonchev–Trinajstić information content (AvgIpc) is 2.40. The van der Waals surface area contributed by atoms with Crippen LogP contribution >= 0.6 is 27.7 Å². The Morgan fingerprint density at radius 1 is 1.48 bits per heavy atom. The van der Waals surface area contributed by atoms with Gasteiger partial charge in [0.1, 0.15) is 0 Å². The number of carboxylic acids is 1. The van der Waals surface area contributed by atoms with Crippen LogP contribution in [0.5, 0.6) is 0 Å². The molecule has 0 saturated heterocycles. The monoisotopic (exact) mass is 395 g/mol. The van der Waals surface area contributed by atoms with E-state index in [1.165, 1.54) is 12.1 Å². The molecule has 8 heteroatoms. The van der Waals surface area contributed by atoms with E-state index < -0.39 is 16.0 Å². The summed E-state index contributed by atoms with van der Waals surface area (Å²) in [4.78, 5) is 11.1. The molecule has 0 aliphatic carbocycles. The normalized spacial score (nSPS) is 13.1. The third kappa shape index (κ3) is 4.98. The van der Waals surface area contributed by atoms with Crippen LogP contribution in [0.2, 0.25) is 0 Å². The van der Waals surface area contributed by atoms with E-state index >= 15 is 0 Å². The van der Waals surface area contributed by atoms with Gasteiger partial charge in [-0.15, -0.1) is 0 Å². The minimum Gasteiger partial charge on any atom is -0.478 e. The first-order chi connectivity index (χ1) is 9.69. The van der Waals surface area contributed by atoms with Crippen molar-refractivity contribution in [3.63, 3.8) is 0 Å². The second-order valence-corrected chi connectivity index (χ2v) is 8.51. The number of carbonyl (C=O) groups is 1. The summed E-state index contributed by atoms with van der Waals surface area (Å²) >= 11 is 4.86. The van der Waals surface area contributed by atoms with E-state index in [1.54, 1.807) is 18.7 Å². The molecule has 0 fully saturated rings. The summed E-state index contributed by atoms with van der Waals surface area (Å²) in [6.07, 6.45) is 2.68. The van der Waals surface area contributed by atoms with E-state index in [4.69, 9.17) is 5.11 Å². The molecule has 0 bridgehead atoms. The van der Waals surface area contributed by atoms with Crippen molar-refractivity contribution < 1.29 is 18.3 Å². The van der Waals surface area contributed by atoms with Gasteiger partial charge in [0, 0.05) is 16.3 Å². The third-order valence-corrected chi connectivity index (χ3v) is 6.41. The zero-order valence-corrected chi connectivity index (χ0v) is 15.2. The van der Waals surface area contributed by atoms with Gasteiger partial charge in [-0.25, -0.2) is 17.9 Å². The Morgan fingerprint density at radius 2 is 2.10 bits per heavy atom. The molecule has 0 spiro atoms. The van der Waals surface area contributed by atoms with Gasteiger partial charge in [0.2, 0.25) is 10.0 Å². The van der Waals surface area contributed by atoms with E-state index in [-0.39, 0.29) is 10.5 Å². The van der Waals surface area contributed by atoms with E-state index in [0.717, 1.165) is 0 Å². The van der Waals surface area contributed by atoms with Crippen LogP contribution in [0.3, 0.4) is 0 Å². The number of thioether (sulfide) groups is 1. The summed E-state index contributed by atoms with van der Waals surface area (Å²) in [5, 5.41) is 9.48. The Balaban J connectivity index is 3.01. The Morgan fingerprint density at radius 3 is 2.62 bits per heavy atom. The molecule has 21 heavy (non-hydrogen) atoms. The molecule has 0 heterocycles. The topological polar surface area (TPSA) is 83.5 Å². The molecule has 1 aromatic carbocycles. The average molecular weight is 396 g/mol. The molecule has 0 aliphatic heterocycles. The van der Waals surface area contributed by atoms with Crippen LogP contribution in [0.25, 0.3) is 0 Å². The molecule has 5 nitrogen and oxygen atoms in total. The molecule has 0 saturated carbocycles. The Kier molecular flexibility index (Phi) is 6.71. The van der Waals surface area contributed by atoms with Crippen LogP contribution in [0.15, 0.2) is 21.5 Å². The van der Waals surface area contributed by atoms with Gasteiger partial charge in [0.05, 0.1) is 10.5 Å². The number of aromatic carboxylic acids is 1. The predicted octanol–water partition coefficient (Wildman–Crippen LogP) is 2.88. The summed E-state index contributed by atoms with van der Waals surface area (Å²) < 4.78 is 27.4. The van der Waals surface area contributed by atoms with E-state index in [9.17, 15) is 13.2 Å². The zero-order chi connectivity index (χ0) is 16.2. The highest BCUT2D eigenvalue weighted by molar-refractivity contribution is 9.10. The van der Waals surface area contributed by atoms with E-state index in [1.807, 2.05) is 13.2 Å². The number of nitrogens with one attached hydrogen (secondary N) is 1. The van der Waals surface area contributed by atoms with Crippen LogP contribution in [0.4, 0.5) is 0 Å². The van der Waals surface area contributed by atoms with Crippen molar-refractivity contribution in [1.29, 1.82) is 0 Å². The van der Waals surface area contributed by atoms with Crippen molar-refractivity contribution in [2.45, 2.75) is 30.4 Å². The minimum absolute atomic E-state index is 0.0257. The summed E-state index contributed by atoms with van der Waals surface area (Å²) in [6.45, 7) is 3.96. The number of hydrogen-bond acceptors (Lipinski definition) is 4. The Labute approximate surface area is 137 Å². The molecule has 2 N–H and O–H groups in total. The molecule has 118 valence electrons. The first kappa shape index (κ1) is 18.5. The van der Waals surface area contributed by atoms with Crippen molar-refractivity contribution in [2.24, 2.45) is 0 Å². The summed E-state index contributed by atoms with van der Waals surface area (Å²) in [6, 6.07) is 2.60. The van der Waals surface area contributed by atoms with Crippen LogP contribution in [0, 0.1) is 6.92 Å². The van der Waals surface area contributed by atoms with Gasteiger partial charge in [-0.3, -0.25) is 0 Å². The van der Waals surface area contributed by atoms with Crippen LogP contribution in [-0.4, -0.2) is 37.5 Å². The summed E-state index contributed by atoms with van der Waals surface area (Å²) in [5.41, 5.74) is 0.472. The van der Waals surface area contributed by atoms with Crippen molar-refractivity contribution >= 4 is 43.7 Å².